The van der Waals surface area contributed by atoms with Gasteiger partial charge in [-0.25, -0.2) is 0 Å². The Hall–Kier alpha value is -1.36. The summed E-state index contributed by atoms with van der Waals surface area (Å²) in [5, 5.41) is 3.11. The molecule has 11 heavy (non-hydrogen) atoms. The molecule has 0 atom stereocenters. The van der Waals surface area contributed by atoms with E-state index in [0.717, 1.165) is 0 Å². The number of hydrogen-bond acceptors (Lipinski definition) is 5. The minimum Gasteiger partial charge on any atom is -0.477 e. The average molecular weight is 156 g/mol. The molecule has 0 N–H and O–H groups in total. The lowest BCUT2D eigenvalue weighted by atomic mass is 11.0. The van der Waals surface area contributed by atoms with E-state index < -0.39 is 0 Å². The first-order valence-electron chi connectivity index (χ1n) is 3.23. The fourth-order valence-electron chi connectivity index (χ4n) is 0.777. The molecule has 5 nitrogen and oxygen atoms in total. The zero-order valence-corrected chi connectivity index (χ0v) is 5.84. The van der Waals surface area contributed by atoms with Crippen LogP contribution in [0.2, 0.25) is 0 Å². The van der Waals surface area contributed by atoms with E-state index in [4.69, 9.17) is 14.4 Å². The van der Waals surface area contributed by atoms with Crippen molar-refractivity contribution in [1.29, 1.82) is 0 Å². The van der Waals surface area contributed by atoms with Crippen LogP contribution in [0.1, 0.15) is 0 Å². The predicted molar refractivity (Wildman–Crippen MR) is 34.9 cm³/mol. The molecule has 0 unspecified atom stereocenters. The summed E-state index contributed by atoms with van der Waals surface area (Å²) < 4.78 is 9.79. The van der Waals surface area contributed by atoms with Crippen LogP contribution in [0.15, 0.2) is 24.9 Å². The highest BCUT2D eigenvalue weighted by Gasteiger charge is 2.12. The largest absolute Gasteiger partial charge is 0.477 e. The first-order valence-corrected chi connectivity index (χ1v) is 3.23. The van der Waals surface area contributed by atoms with Gasteiger partial charge in [-0.3, -0.25) is 0 Å². The van der Waals surface area contributed by atoms with E-state index in [-0.39, 0.29) is 0 Å². The zero-order chi connectivity index (χ0) is 7.52. The molecule has 2 aliphatic heterocycles. The molecule has 0 saturated heterocycles. The fourth-order valence-corrected chi connectivity index (χ4v) is 0.777. The molecule has 5 heteroatoms. The maximum atomic E-state index is 5.22. The van der Waals surface area contributed by atoms with Gasteiger partial charge in [0.15, 0.2) is 13.5 Å². The summed E-state index contributed by atoms with van der Waals surface area (Å²) >= 11 is 0. The summed E-state index contributed by atoms with van der Waals surface area (Å²) in [6.45, 7) is 0.842. The van der Waals surface area contributed by atoms with Crippen LogP contribution in [-0.2, 0) is 14.4 Å². The van der Waals surface area contributed by atoms with Crippen molar-refractivity contribution in [2.24, 2.45) is 0 Å². The molecular weight excluding hydrogens is 148 g/mol. The minimum absolute atomic E-state index is 0.421. The van der Waals surface area contributed by atoms with E-state index >= 15 is 0 Å². The maximum Gasteiger partial charge on any atom is 0.186 e. The lowest BCUT2D eigenvalue weighted by Crippen LogP contribution is -2.26. The van der Waals surface area contributed by atoms with Gasteiger partial charge in [0.05, 0.1) is 12.4 Å². The van der Waals surface area contributed by atoms with E-state index in [1.165, 1.54) is 0 Å². The second kappa shape index (κ2) is 2.71. The molecule has 0 aromatic carbocycles. The van der Waals surface area contributed by atoms with E-state index in [0.29, 0.717) is 13.5 Å². The van der Waals surface area contributed by atoms with Crippen LogP contribution < -0.4 is 0 Å². The molecular formula is C6H8N2O3. The van der Waals surface area contributed by atoms with Crippen LogP contribution in [0.25, 0.3) is 0 Å². The first-order chi connectivity index (χ1) is 5.45. The zero-order valence-electron chi connectivity index (χ0n) is 5.84. The maximum absolute atomic E-state index is 5.22. The van der Waals surface area contributed by atoms with Crippen LogP contribution in [0.5, 0.6) is 0 Å². The van der Waals surface area contributed by atoms with Crippen molar-refractivity contribution >= 4 is 0 Å². The highest BCUT2D eigenvalue weighted by atomic mass is 16.9. The second-order valence-corrected chi connectivity index (χ2v) is 2.08. The third-order valence-corrected chi connectivity index (χ3v) is 1.26. The first kappa shape index (κ1) is 6.36. The lowest BCUT2D eigenvalue weighted by molar-refractivity contribution is -0.300. The summed E-state index contributed by atoms with van der Waals surface area (Å²) in [6, 6.07) is 0. The van der Waals surface area contributed by atoms with Gasteiger partial charge in [0.2, 0.25) is 0 Å². The van der Waals surface area contributed by atoms with Crippen molar-refractivity contribution in [1.82, 2.24) is 10.1 Å². The van der Waals surface area contributed by atoms with Gasteiger partial charge in [-0.05, 0) is 0 Å². The third-order valence-electron chi connectivity index (χ3n) is 1.26. The van der Waals surface area contributed by atoms with E-state index in [2.05, 4.69) is 0 Å². The number of ether oxygens (including phenoxy) is 2. The number of hydroxylamine groups is 4. The van der Waals surface area contributed by atoms with E-state index in [1.54, 1.807) is 35.1 Å². The molecule has 0 fully saturated rings. The van der Waals surface area contributed by atoms with Crippen molar-refractivity contribution in [2.45, 2.75) is 0 Å². The molecule has 0 bridgehead atoms. The molecule has 0 amide bonds. The molecule has 0 aliphatic carbocycles. The molecule has 2 rings (SSSR count). The Kier molecular flexibility index (Phi) is 1.57. The summed E-state index contributed by atoms with van der Waals surface area (Å²) in [4.78, 5) is 5.22. The summed E-state index contributed by atoms with van der Waals surface area (Å²) in [7, 11) is 0. The third kappa shape index (κ3) is 1.38. The van der Waals surface area contributed by atoms with Gasteiger partial charge in [0.25, 0.3) is 0 Å². The Labute approximate surface area is 63.9 Å². The monoisotopic (exact) mass is 156 g/mol. The topological polar surface area (TPSA) is 34.2 Å². The van der Waals surface area contributed by atoms with Gasteiger partial charge in [-0.1, -0.05) is 0 Å². The van der Waals surface area contributed by atoms with Gasteiger partial charge >= 0.3 is 0 Å². The molecule has 2 heterocycles. The Morgan fingerprint density at radius 2 is 1.55 bits per heavy atom. The fraction of sp³-hybridized carbons (Fsp3) is 0.333. The predicted octanol–water partition coefficient (Wildman–Crippen LogP) is 0.355. The summed E-state index contributed by atoms with van der Waals surface area (Å²) in [6.07, 6.45) is 6.54. The molecule has 0 saturated carbocycles. The van der Waals surface area contributed by atoms with Crippen LogP contribution in [0.4, 0.5) is 0 Å². The van der Waals surface area contributed by atoms with Crippen LogP contribution in [-0.4, -0.2) is 23.6 Å². The number of nitrogens with zero attached hydrogens (tertiary/aromatic N) is 2. The molecule has 0 aromatic heterocycles. The van der Waals surface area contributed by atoms with Crippen molar-refractivity contribution in [3.05, 3.63) is 24.9 Å². The Bertz CT molecular complexity index is 172. The summed E-state index contributed by atoms with van der Waals surface area (Å²) in [5.41, 5.74) is 0. The van der Waals surface area contributed by atoms with Gasteiger partial charge in [0, 0.05) is 0 Å². The Morgan fingerprint density at radius 1 is 1.00 bits per heavy atom. The van der Waals surface area contributed by atoms with Gasteiger partial charge in [0.1, 0.15) is 12.5 Å². The lowest BCUT2D eigenvalue weighted by Gasteiger charge is -2.18. The van der Waals surface area contributed by atoms with Crippen molar-refractivity contribution < 1.29 is 14.4 Å². The molecule has 0 radical (unpaired) electrons. The minimum atomic E-state index is 0.421. The molecule has 0 aromatic rings. The highest BCUT2D eigenvalue weighted by Crippen LogP contribution is 2.08. The van der Waals surface area contributed by atoms with Crippen molar-refractivity contribution in [3.8, 4) is 0 Å². The van der Waals surface area contributed by atoms with E-state index in [9.17, 15) is 0 Å². The average Bonchev–Trinajstić information content (AvgIpc) is 2.60. The Morgan fingerprint density at radius 3 is 1.91 bits per heavy atom. The van der Waals surface area contributed by atoms with Gasteiger partial charge < -0.3 is 9.47 Å². The van der Waals surface area contributed by atoms with Gasteiger partial charge in [-0.15, -0.1) is 4.94 Å². The number of hydrogen-bond donors (Lipinski definition) is 0. The van der Waals surface area contributed by atoms with Crippen molar-refractivity contribution in [3.63, 3.8) is 0 Å². The second-order valence-electron chi connectivity index (χ2n) is 2.08. The van der Waals surface area contributed by atoms with Crippen LogP contribution >= 0.6 is 0 Å². The van der Waals surface area contributed by atoms with Gasteiger partial charge in [-0.2, -0.15) is 10.1 Å². The summed E-state index contributed by atoms with van der Waals surface area (Å²) in [5.74, 6) is 0. The SMILES string of the molecule is C1=CN(ON2C=COC2)CO1. The smallest absolute Gasteiger partial charge is 0.186 e. The Balaban J connectivity index is 1.80. The normalized spacial score (nSPS) is 20.7. The molecule has 2 aliphatic rings. The van der Waals surface area contributed by atoms with Crippen molar-refractivity contribution in [2.75, 3.05) is 13.5 Å². The highest BCUT2D eigenvalue weighted by molar-refractivity contribution is 4.76. The van der Waals surface area contributed by atoms with Crippen LogP contribution in [0.3, 0.4) is 0 Å². The molecule has 60 valence electrons. The van der Waals surface area contributed by atoms with Crippen LogP contribution in [0, 0.1) is 0 Å². The van der Waals surface area contributed by atoms with E-state index in [1.807, 2.05) is 0 Å². The number of rotatable bonds is 2. The molecule has 0 spiro atoms. The standard InChI is InChI=1S/C6H8N2O3/c1-3-9-5-7(1)11-8-2-4-10-6-8/h1-4H,5-6H2. The quantitative estimate of drug-likeness (QED) is 0.576.